The zero-order valence-electron chi connectivity index (χ0n) is 21.5. The molecule has 5 aliphatic heterocycles. The molecule has 1 aromatic rings. The van der Waals surface area contributed by atoms with E-state index in [-0.39, 0.29) is 17.7 Å². The zero-order valence-corrected chi connectivity index (χ0v) is 21.5. The molecular formula is C28H39NO6. The predicted molar refractivity (Wildman–Crippen MR) is 128 cm³/mol. The molecular weight excluding hydrogens is 446 g/mol. The number of hydrogen-bond donors (Lipinski definition) is 0. The van der Waals surface area contributed by atoms with Gasteiger partial charge in [-0.3, -0.25) is 4.79 Å². The van der Waals surface area contributed by atoms with Gasteiger partial charge in [-0.05, 0) is 69.1 Å². The first-order valence-electron chi connectivity index (χ1n) is 13.5. The van der Waals surface area contributed by atoms with E-state index in [1.54, 1.807) is 0 Å². The van der Waals surface area contributed by atoms with Crippen LogP contribution in [0.1, 0.15) is 70.4 Å². The van der Waals surface area contributed by atoms with E-state index < -0.39 is 24.0 Å². The highest BCUT2D eigenvalue weighted by atomic mass is 17.3. The van der Waals surface area contributed by atoms with Crippen LogP contribution in [-0.2, 0) is 30.5 Å². The highest BCUT2D eigenvalue weighted by Gasteiger charge is 2.72. The van der Waals surface area contributed by atoms with Gasteiger partial charge in [-0.25, -0.2) is 9.78 Å². The van der Waals surface area contributed by atoms with Crippen molar-refractivity contribution in [3.05, 3.63) is 29.3 Å². The number of amides is 1. The van der Waals surface area contributed by atoms with Gasteiger partial charge in [-0.15, -0.1) is 0 Å². The second kappa shape index (κ2) is 8.72. The molecule has 6 fully saturated rings. The third-order valence-corrected chi connectivity index (χ3v) is 9.32. The van der Waals surface area contributed by atoms with Gasteiger partial charge in [0.15, 0.2) is 11.9 Å². The molecule has 0 N–H and O–H groups in total. The van der Waals surface area contributed by atoms with Crippen molar-refractivity contribution >= 4 is 5.91 Å². The van der Waals surface area contributed by atoms with Crippen LogP contribution in [0.25, 0.3) is 0 Å². The predicted octanol–water partition coefficient (Wildman–Crippen LogP) is 4.75. The van der Waals surface area contributed by atoms with Crippen LogP contribution in [0.5, 0.6) is 5.75 Å². The average molecular weight is 486 g/mol. The van der Waals surface area contributed by atoms with Crippen molar-refractivity contribution in [3.8, 4) is 5.75 Å². The van der Waals surface area contributed by atoms with Crippen molar-refractivity contribution in [2.24, 2.45) is 23.7 Å². The smallest absolute Gasteiger partial charge is 0.226 e. The molecule has 35 heavy (non-hydrogen) atoms. The number of hydrogen-bond acceptors (Lipinski definition) is 6. The van der Waals surface area contributed by atoms with Crippen LogP contribution in [-0.4, -0.2) is 47.9 Å². The van der Waals surface area contributed by atoms with E-state index in [4.69, 9.17) is 24.0 Å². The average Bonchev–Trinajstić information content (AvgIpc) is 2.85. The van der Waals surface area contributed by atoms with Crippen molar-refractivity contribution < 1.29 is 28.8 Å². The number of benzene rings is 1. The second-order valence-corrected chi connectivity index (χ2v) is 11.8. The number of likely N-dealkylation sites (tertiary alicyclic amines) is 1. The summed E-state index contributed by atoms with van der Waals surface area (Å²) in [6.07, 6.45) is 5.99. The third-order valence-electron chi connectivity index (χ3n) is 9.32. The number of carbonyl (C=O) groups is 1. The summed E-state index contributed by atoms with van der Waals surface area (Å²) < 4.78 is 19.3. The summed E-state index contributed by atoms with van der Waals surface area (Å²) in [7, 11) is 0. The minimum absolute atomic E-state index is 0.121. The zero-order chi connectivity index (χ0) is 24.4. The molecule has 192 valence electrons. The maximum Gasteiger partial charge on any atom is 0.226 e. The quantitative estimate of drug-likeness (QED) is 0.574. The maximum atomic E-state index is 12.7. The lowest BCUT2D eigenvalue weighted by atomic mass is 9.56. The van der Waals surface area contributed by atoms with Crippen LogP contribution in [0.2, 0.25) is 0 Å². The SMILES string of the molecule is Cc1cc(CC(=O)N2CCCCC2)ccc1O[C@H]1O[C@@H]2O[C@]3(C)CC4[C@H](C)CCC([C@H]1C)[C@]42OO3. The minimum Gasteiger partial charge on any atom is -0.464 e. The molecule has 2 unspecified atom stereocenters. The Morgan fingerprint density at radius 3 is 2.69 bits per heavy atom. The second-order valence-electron chi connectivity index (χ2n) is 11.8. The van der Waals surface area contributed by atoms with E-state index in [2.05, 4.69) is 19.9 Å². The van der Waals surface area contributed by atoms with Crippen LogP contribution in [0.4, 0.5) is 0 Å². The molecule has 0 radical (unpaired) electrons. The maximum absolute atomic E-state index is 12.7. The normalized spacial score (nSPS) is 42.5. The molecule has 7 nitrogen and oxygen atoms in total. The van der Waals surface area contributed by atoms with E-state index >= 15 is 0 Å². The number of carbonyl (C=O) groups excluding carboxylic acids is 1. The van der Waals surface area contributed by atoms with E-state index in [0.717, 1.165) is 55.6 Å². The van der Waals surface area contributed by atoms with Crippen LogP contribution >= 0.6 is 0 Å². The number of nitrogens with zero attached hydrogens (tertiary/aromatic N) is 1. The fraction of sp³-hybridized carbons (Fsp3) is 0.750. The number of aryl methyl sites for hydroxylation is 1. The van der Waals surface area contributed by atoms with Gasteiger partial charge >= 0.3 is 0 Å². The van der Waals surface area contributed by atoms with Crippen LogP contribution in [0.3, 0.4) is 0 Å². The highest BCUT2D eigenvalue weighted by molar-refractivity contribution is 5.79. The Morgan fingerprint density at radius 1 is 1.11 bits per heavy atom. The summed E-state index contributed by atoms with van der Waals surface area (Å²) >= 11 is 0. The summed E-state index contributed by atoms with van der Waals surface area (Å²) in [5.74, 6) is 1.47. The number of rotatable bonds is 4. The van der Waals surface area contributed by atoms with E-state index in [1.807, 2.05) is 30.9 Å². The van der Waals surface area contributed by atoms with Crippen LogP contribution < -0.4 is 4.74 Å². The standard InChI is InChI=1S/C28H39NO6/c1-17-8-10-21-19(3)25(32-26-28(21)22(17)16-27(4,33-26)34-35-28)31-23-11-9-20(14-18(23)2)15-24(30)29-12-6-5-7-13-29/h9,11,14,17,19,21-22,25-26H,5-8,10,12-13,15-16H2,1-4H3/t17-,19-,21?,22?,25+,26-,27+,28+/m1/s1. The van der Waals surface area contributed by atoms with Crippen LogP contribution in [0, 0.1) is 30.6 Å². The van der Waals surface area contributed by atoms with Crippen LogP contribution in [0.15, 0.2) is 18.2 Å². The molecule has 1 aromatic carbocycles. The Kier molecular flexibility index (Phi) is 5.91. The van der Waals surface area contributed by atoms with Gasteiger partial charge in [0.05, 0.1) is 6.42 Å². The molecule has 8 atom stereocenters. The lowest BCUT2D eigenvalue weighted by Gasteiger charge is -2.66. The van der Waals surface area contributed by atoms with E-state index in [0.29, 0.717) is 18.3 Å². The Morgan fingerprint density at radius 2 is 1.91 bits per heavy atom. The molecule has 5 saturated heterocycles. The first-order chi connectivity index (χ1) is 16.8. The Labute approximate surface area is 208 Å². The van der Waals surface area contributed by atoms with Crippen molar-refractivity contribution in [2.45, 2.75) is 96.6 Å². The first kappa shape index (κ1) is 23.7. The largest absolute Gasteiger partial charge is 0.464 e. The lowest BCUT2D eigenvalue weighted by molar-refractivity contribution is -0.614. The molecule has 1 saturated carbocycles. The monoisotopic (exact) mass is 485 g/mol. The van der Waals surface area contributed by atoms with Gasteiger partial charge < -0.3 is 19.1 Å². The van der Waals surface area contributed by atoms with Crippen molar-refractivity contribution in [1.29, 1.82) is 0 Å². The molecule has 1 amide bonds. The summed E-state index contributed by atoms with van der Waals surface area (Å²) in [6, 6.07) is 6.06. The van der Waals surface area contributed by atoms with E-state index in [1.165, 1.54) is 12.8 Å². The fourth-order valence-corrected chi connectivity index (χ4v) is 7.33. The van der Waals surface area contributed by atoms with Gasteiger partial charge in [0.1, 0.15) is 5.75 Å². The number of piperidine rings is 1. The molecule has 1 spiro atoms. The molecule has 5 heterocycles. The summed E-state index contributed by atoms with van der Waals surface area (Å²) in [4.78, 5) is 26.6. The van der Waals surface area contributed by atoms with Crippen molar-refractivity contribution in [1.82, 2.24) is 4.90 Å². The Balaban J connectivity index is 1.18. The molecule has 7 heteroatoms. The van der Waals surface area contributed by atoms with Crippen molar-refractivity contribution in [3.63, 3.8) is 0 Å². The van der Waals surface area contributed by atoms with E-state index in [9.17, 15) is 4.79 Å². The topological polar surface area (TPSA) is 66.5 Å². The highest BCUT2D eigenvalue weighted by Crippen LogP contribution is 2.62. The van der Waals surface area contributed by atoms with Gasteiger partial charge in [0.25, 0.3) is 0 Å². The number of ether oxygens (including phenoxy) is 3. The van der Waals surface area contributed by atoms with Crippen molar-refractivity contribution in [2.75, 3.05) is 13.1 Å². The van der Waals surface area contributed by atoms with Gasteiger partial charge in [-0.1, -0.05) is 26.0 Å². The Bertz CT molecular complexity index is 978. The third kappa shape index (κ3) is 3.90. The van der Waals surface area contributed by atoms with Gasteiger partial charge in [0, 0.05) is 37.3 Å². The first-order valence-corrected chi connectivity index (χ1v) is 13.5. The summed E-state index contributed by atoms with van der Waals surface area (Å²) in [5.41, 5.74) is 1.47. The molecule has 1 aliphatic carbocycles. The molecule has 7 rings (SSSR count). The Hall–Kier alpha value is -1.67. The molecule has 6 aliphatic rings. The summed E-state index contributed by atoms with van der Waals surface area (Å²) in [6.45, 7) is 10.3. The summed E-state index contributed by atoms with van der Waals surface area (Å²) in [5, 5.41) is 0. The lowest BCUT2D eigenvalue weighted by Crippen LogP contribution is -2.76. The van der Waals surface area contributed by atoms with Gasteiger partial charge in [-0.2, -0.15) is 0 Å². The fourth-order valence-electron chi connectivity index (χ4n) is 7.33. The molecule has 2 bridgehead atoms. The van der Waals surface area contributed by atoms with Gasteiger partial charge in [0.2, 0.25) is 18.0 Å². The minimum atomic E-state index is -0.781. The molecule has 0 aromatic heterocycles. The number of fused-ring (bicyclic) bond motifs is 1.